The minimum atomic E-state index is -0.265. The zero-order valence-corrected chi connectivity index (χ0v) is 12.6. The predicted octanol–water partition coefficient (Wildman–Crippen LogP) is 1.25. The van der Waals surface area contributed by atoms with E-state index < -0.39 is 0 Å². The number of carbonyl (C=O) groups is 3. The number of hydrogen-bond donors (Lipinski definition) is 1. The van der Waals surface area contributed by atoms with Crippen molar-refractivity contribution >= 4 is 34.5 Å². The van der Waals surface area contributed by atoms with E-state index in [1.54, 1.807) is 19.2 Å². The molecule has 1 fully saturated rings. The van der Waals surface area contributed by atoms with E-state index in [0.717, 1.165) is 0 Å². The summed E-state index contributed by atoms with van der Waals surface area (Å²) in [5, 5.41) is 2.63. The maximum Gasteiger partial charge on any atom is 0.282 e. The highest BCUT2D eigenvalue weighted by molar-refractivity contribution is 8.13. The Kier molecular flexibility index (Phi) is 5.21. The molecule has 2 rings (SSSR count). The van der Waals surface area contributed by atoms with Crippen molar-refractivity contribution in [2.45, 2.75) is 0 Å². The molecule has 0 aromatic heterocycles. The SMILES string of the molecule is CN(CC(=O)Nc1ccccc1)C(=O)CN1CCSC1=O. The molecular weight excluding hydrogens is 290 g/mol. The first-order chi connectivity index (χ1) is 10.1. The van der Waals surface area contributed by atoms with Crippen molar-refractivity contribution in [3.63, 3.8) is 0 Å². The standard InChI is InChI=1S/C14H17N3O3S/c1-16(13(19)10-17-7-8-21-14(17)20)9-12(18)15-11-5-3-2-4-6-11/h2-6H,7-10H2,1H3,(H,15,18). The molecule has 0 atom stereocenters. The van der Waals surface area contributed by atoms with E-state index in [1.165, 1.54) is 21.6 Å². The number of nitrogens with zero attached hydrogens (tertiary/aromatic N) is 2. The third-order valence-electron chi connectivity index (χ3n) is 3.04. The number of benzene rings is 1. The van der Waals surface area contributed by atoms with Crippen LogP contribution in [0.1, 0.15) is 0 Å². The molecule has 112 valence electrons. The summed E-state index contributed by atoms with van der Waals surface area (Å²) in [7, 11) is 1.56. The first-order valence-electron chi connectivity index (χ1n) is 6.57. The van der Waals surface area contributed by atoms with Gasteiger partial charge in [-0.25, -0.2) is 0 Å². The number of hydrogen-bond acceptors (Lipinski definition) is 4. The van der Waals surface area contributed by atoms with Gasteiger partial charge in [0.15, 0.2) is 0 Å². The summed E-state index contributed by atoms with van der Waals surface area (Å²) in [6.07, 6.45) is 0. The maximum absolute atomic E-state index is 12.0. The van der Waals surface area contributed by atoms with Crippen molar-refractivity contribution in [1.29, 1.82) is 0 Å². The molecule has 0 radical (unpaired) electrons. The van der Waals surface area contributed by atoms with Gasteiger partial charge in [0.1, 0.15) is 6.54 Å². The molecule has 1 saturated heterocycles. The van der Waals surface area contributed by atoms with Gasteiger partial charge in [-0.15, -0.1) is 0 Å². The van der Waals surface area contributed by atoms with Crippen molar-refractivity contribution in [2.75, 3.05) is 37.8 Å². The second-order valence-corrected chi connectivity index (χ2v) is 5.75. The average Bonchev–Trinajstić information content (AvgIpc) is 2.85. The molecule has 0 unspecified atom stereocenters. The Bertz CT molecular complexity index is 536. The van der Waals surface area contributed by atoms with Gasteiger partial charge in [-0.3, -0.25) is 14.4 Å². The van der Waals surface area contributed by atoms with Crippen molar-refractivity contribution < 1.29 is 14.4 Å². The number of anilines is 1. The van der Waals surface area contributed by atoms with Crippen molar-refractivity contribution in [1.82, 2.24) is 9.80 Å². The third-order valence-corrected chi connectivity index (χ3v) is 3.93. The summed E-state index contributed by atoms with van der Waals surface area (Å²) in [6, 6.07) is 9.05. The molecule has 0 spiro atoms. The number of para-hydroxylation sites is 1. The van der Waals surface area contributed by atoms with Gasteiger partial charge >= 0.3 is 0 Å². The lowest BCUT2D eigenvalue weighted by atomic mass is 10.3. The number of nitrogens with one attached hydrogen (secondary N) is 1. The highest BCUT2D eigenvalue weighted by Gasteiger charge is 2.25. The molecule has 1 N–H and O–H groups in total. The van der Waals surface area contributed by atoms with Gasteiger partial charge in [0.2, 0.25) is 11.8 Å². The van der Waals surface area contributed by atoms with Gasteiger partial charge < -0.3 is 15.1 Å². The lowest BCUT2D eigenvalue weighted by molar-refractivity contribution is -0.133. The monoisotopic (exact) mass is 307 g/mol. The Balaban J connectivity index is 1.80. The first-order valence-corrected chi connectivity index (χ1v) is 7.55. The fraction of sp³-hybridized carbons (Fsp3) is 0.357. The smallest absolute Gasteiger partial charge is 0.282 e. The van der Waals surface area contributed by atoms with Crippen LogP contribution in [0, 0.1) is 0 Å². The quantitative estimate of drug-likeness (QED) is 0.889. The molecule has 0 aliphatic carbocycles. The van der Waals surface area contributed by atoms with E-state index in [4.69, 9.17) is 0 Å². The molecule has 0 saturated carbocycles. The topological polar surface area (TPSA) is 69.7 Å². The number of thioether (sulfide) groups is 1. The predicted molar refractivity (Wildman–Crippen MR) is 82.1 cm³/mol. The van der Waals surface area contributed by atoms with Gasteiger partial charge in [-0.1, -0.05) is 30.0 Å². The Morgan fingerprint density at radius 1 is 1.33 bits per heavy atom. The number of carbonyl (C=O) groups excluding carboxylic acids is 3. The van der Waals surface area contributed by atoms with Crippen molar-refractivity contribution in [2.24, 2.45) is 0 Å². The molecule has 0 bridgehead atoms. The van der Waals surface area contributed by atoms with Crippen LogP contribution >= 0.6 is 11.8 Å². The van der Waals surface area contributed by atoms with E-state index in [0.29, 0.717) is 18.0 Å². The number of amides is 3. The van der Waals surface area contributed by atoms with E-state index in [1.807, 2.05) is 18.2 Å². The minimum absolute atomic E-state index is 0.0287. The van der Waals surface area contributed by atoms with Crippen LogP contribution in [-0.2, 0) is 9.59 Å². The fourth-order valence-electron chi connectivity index (χ4n) is 1.88. The number of rotatable bonds is 5. The Labute approximate surface area is 127 Å². The Morgan fingerprint density at radius 2 is 2.05 bits per heavy atom. The van der Waals surface area contributed by atoms with Gasteiger partial charge in [-0.05, 0) is 12.1 Å². The molecule has 6 nitrogen and oxygen atoms in total. The summed E-state index contributed by atoms with van der Waals surface area (Å²) in [6.45, 7) is 0.573. The Morgan fingerprint density at radius 3 is 2.67 bits per heavy atom. The van der Waals surface area contributed by atoms with Crippen LogP contribution in [0.2, 0.25) is 0 Å². The molecule has 7 heteroatoms. The van der Waals surface area contributed by atoms with Gasteiger partial charge in [-0.2, -0.15) is 0 Å². The van der Waals surface area contributed by atoms with E-state index >= 15 is 0 Å². The summed E-state index contributed by atoms with van der Waals surface area (Å²) >= 11 is 1.21. The van der Waals surface area contributed by atoms with Crippen LogP contribution in [0.3, 0.4) is 0 Å². The maximum atomic E-state index is 12.0. The normalized spacial score (nSPS) is 14.1. The summed E-state index contributed by atoms with van der Waals surface area (Å²) < 4.78 is 0. The van der Waals surface area contributed by atoms with Crippen LogP contribution in [0.15, 0.2) is 30.3 Å². The first kappa shape index (κ1) is 15.4. The van der Waals surface area contributed by atoms with E-state index in [-0.39, 0.29) is 30.1 Å². The molecule has 1 aromatic carbocycles. The second kappa shape index (κ2) is 7.12. The van der Waals surface area contributed by atoms with Crippen LogP contribution in [0.25, 0.3) is 0 Å². The lowest BCUT2D eigenvalue weighted by Crippen LogP contribution is -2.41. The second-order valence-electron chi connectivity index (χ2n) is 4.70. The van der Waals surface area contributed by atoms with Gasteiger partial charge in [0, 0.05) is 25.0 Å². The van der Waals surface area contributed by atoms with Crippen LogP contribution in [0.4, 0.5) is 10.5 Å². The molecule has 1 aliphatic heterocycles. The lowest BCUT2D eigenvalue weighted by Gasteiger charge is -2.20. The highest BCUT2D eigenvalue weighted by atomic mass is 32.2. The highest BCUT2D eigenvalue weighted by Crippen LogP contribution is 2.16. The molecule has 1 aliphatic rings. The summed E-state index contributed by atoms with van der Waals surface area (Å²) in [5.41, 5.74) is 0.689. The third kappa shape index (κ3) is 4.49. The number of likely N-dealkylation sites (N-methyl/N-ethyl adjacent to an activating group) is 1. The van der Waals surface area contributed by atoms with Gasteiger partial charge in [0.25, 0.3) is 5.24 Å². The van der Waals surface area contributed by atoms with Crippen LogP contribution in [-0.4, -0.2) is 59.3 Å². The Hall–Kier alpha value is -2.02. The summed E-state index contributed by atoms with van der Waals surface area (Å²) in [5.74, 6) is 0.206. The molecule has 1 aromatic rings. The molecule has 21 heavy (non-hydrogen) atoms. The van der Waals surface area contributed by atoms with Gasteiger partial charge in [0.05, 0.1) is 6.54 Å². The molecule has 3 amide bonds. The fourth-order valence-corrected chi connectivity index (χ4v) is 2.70. The zero-order chi connectivity index (χ0) is 15.2. The van der Waals surface area contributed by atoms with E-state index in [9.17, 15) is 14.4 Å². The summed E-state index contributed by atoms with van der Waals surface area (Å²) in [4.78, 5) is 38.1. The van der Waals surface area contributed by atoms with Crippen LogP contribution in [0.5, 0.6) is 0 Å². The largest absolute Gasteiger partial charge is 0.335 e. The van der Waals surface area contributed by atoms with E-state index in [2.05, 4.69) is 5.32 Å². The minimum Gasteiger partial charge on any atom is -0.335 e. The molecule has 1 heterocycles. The average molecular weight is 307 g/mol. The zero-order valence-electron chi connectivity index (χ0n) is 11.7. The molecular formula is C14H17N3O3S. The van der Waals surface area contributed by atoms with Crippen molar-refractivity contribution in [3.05, 3.63) is 30.3 Å². The van der Waals surface area contributed by atoms with Crippen molar-refractivity contribution in [3.8, 4) is 0 Å². The van der Waals surface area contributed by atoms with Crippen LogP contribution < -0.4 is 5.32 Å².